The van der Waals surface area contributed by atoms with E-state index < -0.39 is 5.92 Å². The number of hydrogen-bond acceptors (Lipinski definition) is 6. The largest absolute Gasteiger partial charge is 0.493 e. The Kier molecular flexibility index (Phi) is 7.23. The molecule has 0 bridgehead atoms. The lowest BCUT2D eigenvalue weighted by Gasteiger charge is -2.18. The van der Waals surface area contributed by atoms with E-state index in [0.29, 0.717) is 48.4 Å². The SMILES string of the molecule is CCOc1ccc(CNC(=O)C2CC(=O)N(c3ccc(OC)c(OC)c3)C2)cc1OC. The Hall–Kier alpha value is -3.42. The summed E-state index contributed by atoms with van der Waals surface area (Å²) in [5.41, 5.74) is 1.56. The van der Waals surface area contributed by atoms with Crippen molar-refractivity contribution < 1.29 is 28.5 Å². The topological polar surface area (TPSA) is 86.3 Å². The zero-order chi connectivity index (χ0) is 22.4. The number of carbonyl (C=O) groups excluding carboxylic acids is 2. The van der Waals surface area contributed by atoms with Crippen molar-refractivity contribution in [1.82, 2.24) is 5.32 Å². The first kappa shape index (κ1) is 22.3. The van der Waals surface area contributed by atoms with Gasteiger partial charge in [0, 0.05) is 31.3 Å². The standard InChI is InChI=1S/C23H28N2O6/c1-5-31-19-8-6-15(10-20(19)29-3)13-24-23(27)16-11-22(26)25(14-16)17-7-9-18(28-2)21(12-17)30-4/h6-10,12,16H,5,11,13-14H2,1-4H3,(H,24,27). The molecular formula is C23H28N2O6. The minimum atomic E-state index is -0.426. The molecule has 8 heteroatoms. The van der Waals surface area contributed by atoms with Crippen LogP contribution in [-0.4, -0.2) is 46.3 Å². The van der Waals surface area contributed by atoms with Gasteiger partial charge in [0.25, 0.3) is 0 Å². The summed E-state index contributed by atoms with van der Waals surface area (Å²) in [6.45, 7) is 3.09. The Morgan fingerprint density at radius 1 is 1.00 bits per heavy atom. The van der Waals surface area contributed by atoms with E-state index in [4.69, 9.17) is 18.9 Å². The van der Waals surface area contributed by atoms with Crippen LogP contribution in [0.15, 0.2) is 36.4 Å². The zero-order valence-corrected chi connectivity index (χ0v) is 18.3. The lowest BCUT2D eigenvalue weighted by atomic mass is 10.1. The molecule has 0 saturated carbocycles. The Morgan fingerprint density at radius 2 is 1.68 bits per heavy atom. The molecule has 0 spiro atoms. The van der Waals surface area contributed by atoms with E-state index in [0.717, 1.165) is 5.56 Å². The van der Waals surface area contributed by atoms with Crippen LogP contribution in [0, 0.1) is 5.92 Å². The molecule has 0 radical (unpaired) electrons. The number of carbonyl (C=O) groups is 2. The second-order valence-corrected chi connectivity index (χ2v) is 7.08. The van der Waals surface area contributed by atoms with Gasteiger partial charge >= 0.3 is 0 Å². The van der Waals surface area contributed by atoms with Crippen LogP contribution in [0.5, 0.6) is 23.0 Å². The molecule has 1 aliphatic rings. The molecule has 3 rings (SSSR count). The number of ether oxygens (including phenoxy) is 4. The van der Waals surface area contributed by atoms with Crippen LogP contribution in [0.2, 0.25) is 0 Å². The van der Waals surface area contributed by atoms with E-state index in [1.807, 2.05) is 25.1 Å². The van der Waals surface area contributed by atoms with Gasteiger partial charge in [-0.3, -0.25) is 9.59 Å². The average molecular weight is 428 g/mol. The van der Waals surface area contributed by atoms with Crippen molar-refractivity contribution >= 4 is 17.5 Å². The molecule has 8 nitrogen and oxygen atoms in total. The van der Waals surface area contributed by atoms with Gasteiger partial charge in [0.2, 0.25) is 11.8 Å². The highest BCUT2D eigenvalue weighted by Gasteiger charge is 2.35. The van der Waals surface area contributed by atoms with E-state index >= 15 is 0 Å². The molecule has 2 aromatic rings. The molecule has 1 heterocycles. The van der Waals surface area contributed by atoms with Gasteiger partial charge in [-0.15, -0.1) is 0 Å². The van der Waals surface area contributed by atoms with Gasteiger partial charge < -0.3 is 29.2 Å². The third-order valence-electron chi connectivity index (χ3n) is 5.17. The molecule has 2 amide bonds. The number of nitrogens with zero attached hydrogens (tertiary/aromatic N) is 1. The first-order chi connectivity index (χ1) is 15.0. The molecule has 0 aromatic heterocycles. The Balaban J connectivity index is 1.63. The highest BCUT2D eigenvalue weighted by atomic mass is 16.5. The number of amides is 2. The van der Waals surface area contributed by atoms with Crippen molar-refractivity contribution in [3.8, 4) is 23.0 Å². The number of hydrogen-bond donors (Lipinski definition) is 1. The summed E-state index contributed by atoms with van der Waals surface area (Å²) in [5, 5.41) is 2.92. The highest BCUT2D eigenvalue weighted by molar-refractivity contribution is 6.00. The van der Waals surface area contributed by atoms with Gasteiger partial charge in [-0.05, 0) is 36.8 Å². The van der Waals surface area contributed by atoms with E-state index in [2.05, 4.69) is 5.32 Å². The van der Waals surface area contributed by atoms with Crippen LogP contribution in [-0.2, 0) is 16.1 Å². The molecule has 1 atom stereocenters. The number of anilines is 1. The summed E-state index contributed by atoms with van der Waals surface area (Å²) in [6.07, 6.45) is 0.160. The summed E-state index contributed by atoms with van der Waals surface area (Å²) < 4.78 is 21.4. The van der Waals surface area contributed by atoms with Crippen LogP contribution < -0.4 is 29.2 Å². The van der Waals surface area contributed by atoms with Gasteiger partial charge in [0.05, 0.1) is 33.9 Å². The molecule has 166 valence electrons. The summed E-state index contributed by atoms with van der Waals surface area (Å²) in [6, 6.07) is 10.8. The van der Waals surface area contributed by atoms with Gasteiger partial charge in [0.15, 0.2) is 23.0 Å². The van der Waals surface area contributed by atoms with E-state index in [1.54, 1.807) is 44.4 Å². The minimum absolute atomic E-state index is 0.102. The molecular weight excluding hydrogens is 400 g/mol. The summed E-state index contributed by atoms with van der Waals surface area (Å²) in [7, 11) is 4.67. The maximum Gasteiger partial charge on any atom is 0.227 e. The molecule has 1 unspecified atom stereocenters. The molecule has 1 N–H and O–H groups in total. The smallest absolute Gasteiger partial charge is 0.227 e. The number of rotatable bonds is 9. The fraction of sp³-hybridized carbons (Fsp3) is 0.391. The lowest BCUT2D eigenvalue weighted by Crippen LogP contribution is -2.32. The van der Waals surface area contributed by atoms with Crippen LogP contribution >= 0.6 is 0 Å². The van der Waals surface area contributed by atoms with Crippen LogP contribution in [0.3, 0.4) is 0 Å². The van der Waals surface area contributed by atoms with Crippen molar-refractivity contribution in [3.05, 3.63) is 42.0 Å². The number of nitrogens with one attached hydrogen (secondary N) is 1. The van der Waals surface area contributed by atoms with Crippen molar-refractivity contribution in [2.24, 2.45) is 5.92 Å². The van der Waals surface area contributed by atoms with Crippen LogP contribution in [0.1, 0.15) is 18.9 Å². The Bertz CT molecular complexity index is 946. The van der Waals surface area contributed by atoms with Gasteiger partial charge in [-0.25, -0.2) is 0 Å². The summed E-state index contributed by atoms with van der Waals surface area (Å²) >= 11 is 0. The third kappa shape index (κ3) is 5.02. The normalized spacial score (nSPS) is 15.5. The van der Waals surface area contributed by atoms with E-state index in [9.17, 15) is 9.59 Å². The molecule has 31 heavy (non-hydrogen) atoms. The second kappa shape index (κ2) is 10.1. The Labute approximate surface area is 182 Å². The lowest BCUT2D eigenvalue weighted by molar-refractivity contribution is -0.126. The van der Waals surface area contributed by atoms with E-state index in [1.165, 1.54) is 0 Å². The van der Waals surface area contributed by atoms with Crippen molar-refractivity contribution in [3.63, 3.8) is 0 Å². The van der Waals surface area contributed by atoms with Crippen LogP contribution in [0.25, 0.3) is 0 Å². The first-order valence-corrected chi connectivity index (χ1v) is 10.1. The number of benzene rings is 2. The highest BCUT2D eigenvalue weighted by Crippen LogP contribution is 2.34. The predicted octanol–water partition coefficient (Wildman–Crippen LogP) is 2.78. The van der Waals surface area contributed by atoms with Gasteiger partial charge in [0.1, 0.15) is 0 Å². The predicted molar refractivity (Wildman–Crippen MR) is 116 cm³/mol. The maximum atomic E-state index is 12.7. The fourth-order valence-electron chi connectivity index (χ4n) is 3.56. The van der Waals surface area contributed by atoms with Gasteiger partial charge in [-0.1, -0.05) is 6.07 Å². The molecule has 1 saturated heterocycles. The van der Waals surface area contributed by atoms with Crippen LogP contribution in [0.4, 0.5) is 5.69 Å². The summed E-state index contributed by atoms with van der Waals surface area (Å²) in [5.74, 6) is 1.70. The van der Waals surface area contributed by atoms with Crippen molar-refractivity contribution in [2.45, 2.75) is 19.9 Å². The third-order valence-corrected chi connectivity index (χ3v) is 5.17. The molecule has 1 aliphatic heterocycles. The monoisotopic (exact) mass is 428 g/mol. The molecule has 0 aliphatic carbocycles. The average Bonchev–Trinajstić information content (AvgIpc) is 3.19. The van der Waals surface area contributed by atoms with Gasteiger partial charge in [-0.2, -0.15) is 0 Å². The molecule has 1 fully saturated rings. The fourth-order valence-corrected chi connectivity index (χ4v) is 3.56. The van der Waals surface area contributed by atoms with Crippen molar-refractivity contribution in [1.29, 1.82) is 0 Å². The maximum absolute atomic E-state index is 12.7. The van der Waals surface area contributed by atoms with Crippen molar-refractivity contribution in [2.75, 3.05) is 39.4 Å². The van der Waals surface area contributed by atoms with E-state index in [-0.39, 0.29) is 18.2 Å². The second-order valence-electron chi connectivity index (χ2n) is 7.08. The summed E-state index contributed by atoms with van der Waals surface area (Å²) in [4.78, 5) is 26.8. The quantitative estimate of drug-likeness (QED) is 0.661. The first-order valence-electron chi connectivity index (χ1n) is 10.1. The zero-order valence-electron chi connectivity index (χ0n) is 18.3. The number of methoxy groups -OCH3 is 3. The Morgan fingerprint density at radius 3 is 2.35 bits per heavy atom. The molecule has 2 aromatic carbocycles. The minimum Gasteiger partial charge on any atom is -0.493 e.